The van der Waals surface area contributed by atoms with Gasteiger partial charge in [-0.2, -0.15) is 0 Å². The lowest BCUT2D eigenvalue weighted by Crippen LogP contribution is -2.15. The van der Waals surface area contributed by atoms with Crippen LogP contribution in [0.4, 0.5) is 4.39 Å². The summed E-state index contributed by atoms with van der Waals surface area (Å²) in [5.74, 6) is 2.48. The van der Waals surface area contributed by atoms with Gasteiger partial charge < -0.3 is 9.47 Å². The molecular formula is C22H16BrFN4O2S. The molecule has 0 saturated carbocycles. The molecule has 0 bridgehead atoms. The van der Waals surface area contributed by atoms with E-state index in [2.05, 4.69) is 31.1 Å². The minimum Gasteiger partial charge on any atom is -0.486 e. The van der Waals surface area contributed by atoms with Crippen LogP contribution in [0.15, 0.2) is 70.6 Å². The lowest BCUT2D eigenvalue weighted by molar-refractivity contribution is 0.171. The van der Waals surface area contributed by atoms with Crippen LogP contribution in [0.1, 0.15) is 5.56 Å². The number of hydrogen-bond donors (Lipinski definition) is 0. The minimum atomic E-state index is -0.295. The predicted octanol–water partition coefficient (Wildman–Crippen LogP) is 5.29. The Labute approximate surface area is 190 Å². The van der Waals surface area contributed by atoms with Crippen molar-refractivity contribution in [3.8, 4) is 28.6 Å². The van der Waals surface area contributed by atoms with Gasteiger partial charge in [-0.3, -0.25) is 9.55 Å². The normalized spacial score (nSPS) is 12.7. The molecule has 2 aromatic heterocycles. The molecule has 0 spiro atoms. The van der Waals surface area contributed by atoms with E-state index in [1.165, 1.54) is 23.9 Å². The third-order valence-electron chi connectivity index (χ3n) is 4.72. The highest BCUT2D eigenvalue weighted by molar-refractivity contribution is 9.10. The highest BCUT2D eigenvalue weighted by Gasteiger charge is 2.19. The molecule has 0 amide bonds. The fourth-order valence-electron chi connectivity index (χ4n) is 3.23. The lowest BCUT2D eigenvalue weighted by atomic mass is 10.2. The third kappa shape index (κ3) is 4.15. The summed E-state index contributed by atoms with van der Waals surface area (Å²) in [6, 6.07) is 13.9. The van der Waals surface area contributed by atoms with Crippen LogP contribution in [0.5, 0.6) is 11.5 Å². The predicted molar refractivity (Wildman–Crippen MR) is 119 cm³/mol. The number of pyridine rings is 1. The number of hydrogen-bond acceptors (Lipinski definition) is 6. The molecule has 0 unspecified atom stereocenters. The van der Waals surface area contributed by atoms with Crippen molar-refractivity contribution < 1.29 is 13.9 Å². The number of fused-ring (bicyclic) bond motifs is 1. The van der Waals surface area contributed by atoms with Gasteiger partial charge in [0.25, 0.3) is 0 Å². The van der Waals surface area contributed by atoms with Crippen molar-refractivity contribution in [2.75, 3.05) is 13.2 Å². The van der Waals surface area contributed by atoms with Gasteiger partial charge in [-0.05, 0) is 54.1 Å². The van der Waals surface area contributed by atoms with Crippen molar-refractivity contribution in [1.82, 2.24) is 19.7 Å². The van der Waals surface area contributed by atoms with E-state index in [9.17, 15) is 4.39 Å². The standard InChI is InChI=1S/C22H16BrFN4O2S/c23-18-12-20-19(29-9-10-30-20)11-15(18)13-31-22-27-26-21(14-5-7-25-8-6-14)28(22)17-3-1-16(24)2-4-17/h1-8,11-12H,9-10,13H2. The van der Waals surface area contributed by atoms with E-state index < -0.39 is 0 Å². The average molecular weight is 499 g/mol. The van der Waals surface area contributed by atoms with E-state index in [0.29, 0.717) is 29.9 Å². The van der Waals surface area contributed by atoms with Gasteiger partial charge in [0.2, 0.25) is 0 Å². The van der Waals surface area contributed by atoms with Gasteiger partial charge in [-0.1, -0.05) is 27.7 Å². The van der Waals surface area contributed by atoms with Crippen molar-refractivity contribution in [2.24, 2.45) is 0 Å². The molecule has 2 aromatic carbocycles. The number of halogens is 2. The molecule has 156 valence electrons. The first-order valence-corrected chi connectivity index (χ1v) is 11.3. The Morgan fingerprint density at radius 3 is 2.42 bits per heavy atom. The number of nitrogens with zero attached hydrogens (tertiary/aromatic N) is 4. The van der Waals surface area contributed by atoms with Crippen molar-refractivity contribution in [3.05, 3.63) is 76.8 Å². The molecule has 0 N–H and O–H groups in total. The first kappa shape index (κ1) is 20.0. The molecule has 31 heavy (non-hydrogen) atoms. The molecule has 0 aliphatic carbocycles. The maximum Gasteiger partial charge on any atom is 0.196 e. The summed E-state index contributed by atoms with van der Waals surface area (Å²) in [6.45, 7) is 1.08. The molecular weight excluding hydrogens is 483 g/mol. The van der Waals surface area contributed by atoms with Gasteiger partial charge in [0, 0.05) is 33.9 Å². The zero-order valence-electron chi connectivity index (χ0n) is 16.2. The van der Waals surface area contributed by atoms with Crippen LogP contribution in [0.2, 0.25) is 0 Å². The Morgan fingerprint density at radius 1 is 0.968 bits per heavy atom. The summed E-state index contributed by atoms with van der Waals surface area (Å²) in [5.41, 5.74) is 2.70. The molecule has 9 heteroatoms. The highest BCUT2D eigenvalue weighted by Crippen LogP contribution is 2.38. The summed E-state index contributed by atoms with van der Waals surface area (Å²) >= 11 is 5.16. The smallest absolute Gasteiger partial charge is 0.196 e. The van der Waals surface area contributed by atoms with Crippen LogP contribution in [0.25, 0.3) is 17.1 Å². The van der Waals surface area contributed by atoms with Gasteiger partial charge in [-0.15, -0.1) is 10.2 Å². The van der Waals surface area contributed by atoms with Crippen molar-refractivity contribution >= 4 is 27.7 Å². The van der Waals surface area contributed by atoms with Gasteiger partial charge in [-0.25, -0.2) is 4.39 Å². The van der Waals surface area contributed by atoms with E-state index in [-0.39, 0.29) is 5.82 Å². The molecule has 0 radical (unpaired) electrons. The second-order valence-electron chi connectivity index (χ2n) is 6.73. The Morgan fingerprint density at radius 2 is 1.68 bits per heavy atom. The minimum absolute atomic E-state index is 0.295. The van der Waals surface area contributed by atoms with Gasteiger partial charge in [0.05, 0.1) is 0 Å². The number of aromatic nitrogens is 4. The van der Waals surface area contributed by atoms with E-state index in [0.717, 1.165) is 32.8 Å². The molecule has 0 saturated heterocycles. The summed E-state index contributed by atoms with van der Waals surface area (Å²) in [5, 5.41) is 9.51. The van der Waals surface area contributed by atoms with Gasteiger partial charge in [0.1, 0.15) is 19.0 Å². The quantitative estimate of drug-likeness (QED) is 0.348. The number of rotatable bonds is 5. The molecule has 6 nitrogen and oxygen atoms in total. The molecule has 0 atom stereocenters. The van der Waals surface area contributed by atoms with E-state index in [4.69, 9.17) is 9.47 Å². The van der Waals surface area contributed by atoms with Crippen molar-refractivity contribution in [3.63, 3.8) is 0 Å². The molecule has 4 aromatic rings. The molecule has 0 fully saturated rings. The van der Waals surface area contributed by atoms with Crippen LogP contribution in [-0.4, -0.2) is 33.0 Å². The monoisotopic (exact) mass is 498 g/mol. The Hall–Kier alpha value is -2.91. The maximum atomic E-state index is 13.5. The SMILES string of the molecule is Fc1ccc(-n2c(SCc3cc4c(cc3Br)OCCO4)nnc2-c2ccncc2)cc1. The molecule has 1 aliphatic rings. The number of ether oxygens (including phenoxy) is 2. The van der Waals surface area contributed by atoms with Crippen LogP contribution in [0, 0.1) is 5.82 Å². The number of benzene rings is 2. The second kappa shape index (κ2) is 8.68. The van der Waals surface area contributed by atoms with E-state index in [1.807, 2.05) is 28.8 Å². The van der Waals surface area contributed by atoms with E-state index >= 15 is 0 Å². The van der Waals surface area contributed by atoms with Crippen molar-refractivity contribution in [1.29, 1.82) is 0 Å². The second-order valence-corrected chi connectivity index (χ2v) is 8.53. The zero-order chi connectivity index (χ0) is 21.2. The van der Waals surface area contributed by atoms with Crippen LogP contribution < -0.4 is 9.47 Å². The van der Waals surface area contributed by atoms with Crippen molar-refractivity contribution in [2.45, 2.75) is 10.9 Å². The summed E-state index contributed by atoms with van der Waals surface area (Å²) in [4.78, 5) is 4.07. The highest BCUT2D eigenvalue weighted by atomic mass is 79.9. The first-order valence-electron chi connectivity index (χ1n) is 9.51. The summed E-state index contributed by atoms with van der Waals surface area (Å²) in [7, 11) is 0. The van der Waals surface area contributed by atoms with Gasteiger partial charge in [0.15, 0.2) is 22.5 Å². The molecule has 3 heterocycles. The van der Waals surface area contributed by atoms with Gasteiger partial charge >= 0.3 is 0 Å². The summed E-state index contributed by atoms with van der Waals surface area (Å²) in [6.07, 6.45) is 3.41. The summed E-state index contributed by atoms with van der Waals surface area (Å²) < 4.78 is 27.7. The fourth-order valence-corrected chi connectivity index (χ4v) is 4.82. The largest absolute Gasteiger partial charge is 0.486 e. The maximum absolute atomic E-state index is 13.5. The van der Waals surface area contributed by atoms with Crippen LogP contribution in [-0.2, 0) is 5.75 Å². The first-order chi connectivity index (χ1) is 15.2. The lowest BCUT2D eigenvalue weighted by Gasteiger charge is -2.19. The topological polar surface area (TPSA) is 62.1 Å². The van der Waals surface area contributed by atoms with Crippen LogP contribution >= 0.6 is 27.7 Å². The average Bonchev–Trinajstić information content (AvgIpc) is 3.23. The molecule has 1 aliphatic heterocycles. The zero-order valence-corrected chi connectivity index (χ0v) is 18.6. The Kier molecular flexibility index (Phi) is 5.61. The fraction of sp³-hybridized carbons (Fsp3) is 0.136. The number of thioether (sulfide) groups is 1. The van der Waals surface area contributed by atoms with E-state index in [1.54, 1.807) is 24.5 Å². The third-order valence-corrected chi connectivity index (χ3v) is 6.44. The Balaban J connectivity index is 1.50. The molecule has 5 rings (SSSR count). The Bertz CT molecular complexity index is 1220. The van der Waals surface area contributed by atoms with Crippen LogP contribution in [0.3, 0.4) is 0 Å².